The molecule has 88 valence electrons. The first-order valence-corrected chi connectivity index (χ1v) is 6.35. The van der Waals surface area contributed by atoms with Gasteiger partial charge in [0.05, 0.1) is 5.54 Å². The fourth-order valence-corrected chi connectivity index (χ4v) is 3.01. The molecule has 0 bridgehead atoms. The molecule has 0 aromatic heterocycles. The minimum atomic E-state index is -0.548. The molecule has 2 N–H and O–H groups in total. The highest BCUT2D eigenvalue weighted by Crippen LogP contribution is 2.57. The number of hydrogen-bond acceptors (Lipinski definition) is 2. The van der Waals surface area contributed by atoms with Crippen LogP contribution in [0.3, 0.4) is 0 Å². The SMILES string of the molecule is NC1(C(=O)N2CC3(CC3)c3ccccc32)CC1. The van der Waals surface area contributed by atoms with Gasteiger partial charge in [0.15, 0.2) is 0 Å². The monoisotopic (exact) mass is 228 g/mol. The molecule has 3 nitrogen and oxygen atoms in total. The largest absolute Gasteiger partial charge is 0.317 e. The molecule has 1 aliphatic heterocycles. The van der Waals surface area contributed by atoms with E-state index in [0.29, 0.717) is 0 Å². The molecule has 2 aliphatic carbocycles. The van der Waals surface area contributed by atoms with Crippen molar-refractivity contribution in [1.82, 2.24) is 0 Å². The van der Waals surface area contributed by atoms with Crippen molar-refractivity contribution in [3.05, 3.63) is 29.8 Å². The number of para-hydroxylation sites is 1. The lowest BCUT2D eigenvalue weighted by atomic mass is 9.99. The maximum atomic E-state index is 12.4. The molecule has 4 rings (SSSR count). The van der Waals surface area contributed by atoms with E-state index < -0.39 is 5.54 Å². The summed E-state index contributed by atoms with van der Waals surface area (Å²) in [5.74, 6) is 0.133. The van der Waals surface area contributed by atoms with Crippen LogP contribution in [-0.4, -0.2) is 18.0 Å². The van der Waals surface area contributed by atoms with E-state index in [0.717, 1.165) is 25.1 Å². The second-order valence-corrected chi connectivity index (χ2v) is 5.84. The van der Waals surface area contributed by atoms with Crippen LogP contribution in [0.25, 0.3) is 0 Å². The highest BCUT2D eigenvalue weighted by Gasteiger charge is 2.57. The Morgan fingerprint density at radius 3 is 2.53 bits per heavy atom. The molecular formula is C14H16N2O. The van der Waals surface area contributed by atoms with Gasteiger partial charge in [0.2, 0.25) is 5.91 Å². The van der Waals surface area contributed by atoms with Crippen molar-refractivity contribution in [3.8, 4) is 0 Å². The molecule has 1 aromatic carbocycles. The molecule has 1 heterocycles. The number of anilines is 1. The Hall–Kier alpha value is -1.35. The van der Waals surface area contributed by atoms with E-state index in [-0.39, 0.29) is 11.3 Å². The fourth-order valence-electron chi connectivity index (χ4n) is 3.01. The van der Waals surface area contributed by atoms with E-state index in [2.05, 4.69) is 18.2 Å². The number of nitrogens with two attached hydrogens (primary N) is 1. The Morgan fingerprint density at radius 1 is 1.18 bits per heavy atom. The molecule has 0 unspecified atom stereocenters. The van der Waals surface area contributed by atoms with Crippen LogP contribution in [0.5, 0.6) is 0 Å². The summed E-state index contributed by atoms with van der Waals surface area (Å²) in [6.45, 7) is 0.851. The Labute approximate surface area is 101 Å². The summed E-state index contributed by atoms with van der Waals surface area (Å²) in [5.41, 5.74) is 8.23. The van der Waals surface area contributed by atoms with Gasteiger partial charge in [-0.25, -0.2) is 0 Å². The van der Waals surface area contributed by atoms with Crippen LogP contribution in [0, 0.1) is 0 Å². The third-order valence-corrected chi connectivity index (χ3v) is 4.54. The van der Waals surface area contributed by atoms with Gasteiger partial charge in [-0.3, -0.25) is 4.79 Å². The fraction of sp³-hybridized carbons (Fsp3) is 0.500. The molecular weight excluding hydrogens is 212 g/mol. The normalized spacial score (nSPS) is 25.8. The molecule has 3 aliphatic rings. The molecule has 17 heavy (non-hydrogen) atoms. The molecule has 1 aromatic rings. The number of benzene rings is 1. The third kappa shape index (κ3) is 1.18. The van der Waals surface area contributed by atoms with Gasteiger partial charge in [-0.15, -0.1) is 0 Å². The maximum Gasteiger partial charge on any atom is 0.247 e. The van der Waals surface area contributed by atoms with Crippen LogP contribution in [0.1, 0.15) is 31.2 Å². The first-order valence-electron chi connectivity index (χ1n) is 6.35. The minimum absolute atomic E-state index is 0.133. The molecule has 2 fully saturated rings. The van der Waals surface area contributed by atoms with Crippen LogP contribution >= 0.6 is 0 Å². The second-order valence-electron chi connectivity index (χ2n) is 5.84. The summed E-state index contributed by atoms with van der Waals surface area (Å²) in [4.78, 5) is 14.3. The summed E-state index contributed by atoms with van der Waals surface area (Å²) in [6, 6.07) is 8.32. The summed E-state index contributed by atoms with van der Waals surface area (Å²) < 4.78 is 0. The zero-order valence-corrected chi connectivity index (χ0v) is 9.78. The van der Waals surface area contributed by atoms with Gasteiger partial charge in [-0.1, -0.05) is 18.2 Å². The van der Waals surface area contributed by atoms with Crippen molar-refractivity contribution >= 4 is 11.6 Å². The van der Waals surface area contributed by atoms with Crippen molar-refractivity contribution in [2.24, 2.45) is 5.73 Å². The predicted octanol–water partition coefficient (Wildman–Crippen LogP) is 1.56. The summed E-state index contributed by atoms with van der Waals surface area (Å²) in [7, 11) is 0. The van der Waals surface area contributed by atoms with Crippen LogP contribution in [0.15, 0.2) is 24.3 Å². The van der Waals surface area contributed by atoms with E-state index in [1.807, 2.05) is 11.0 Å². The summed E-state index contributed by atoms with van der Waals surface area (Å²) in [6.07, 6.45) is 4.12. The van der Waals surface area contributed by atoms with Crippen molar-refractivity contribution in [2.45, 2.75) is 36.6 Å². The maximum absolute atomic E-state index is 12.4. The Kier molecular flexibility index (Phi) is 1.55. The predicted molar refractivity (Wildman–Crippen MR) is 65.9 cm³/mol. The highest BCUT2D eigenvalue weighted by molar-refractivity contribution is 6.04. The van der Waals surface area contributed by atoms with Crippen LogP contribution in [0.4, 0.5) is 5.69 Å². The lowest BCUT2D eigenvalue weighted by Gasteiger charge is -2.21. The topological polar surface area (TPSA) is 46.3 Å². The van der Waals surface area contributed by atoms with Gasteiger partial charge >= 0.3 is 0 Å². The molecule has 2 saturated carbocycles. The van der Waals surface area contributed by atoms with Crippen molar-refractivity contribution in [2.75, 3.05) is 11.4 Å². The van der Waals surface area contributed by atoms with E-state index in [1.54, 1.807) is 0 Å². The standard InChI is InChI=1S/C14H16N2O/c15-14(7-8-14)12(17)16-9-13(5-6-13)10-3-1-2-4-11(10)16/h1-4H,5-9,15H2. The number of hydrogen-bond donors (Lipinski definition) is 1. The van der Waals surface area contributed by atoms with E-state index in [1.165, 1.54) is 18.4 Å². The smallest absolute Gasteiger partial charge is 0.247 e. The number of nitrogens with zero attached hydrogens (tertiary/aromatic N) is 1. The summed E-state index contributed by atoms with van der Waals surface area (Å²) in [5, 5.41) is 0. The Morgan fingerprint density at radius 2 is 1.88 bits per heavy atom. The minimum Gasteiger partial charge on any atom is -0.317 e. The number of rotatable bonds is 1. The number of amides is 1. The van der Waals surface area contributed by atoms with Crippen molar-refractivity contribution < 1.29 is 4.79 Å². The average Bonchev–Trinajstić information content (AvgIpc) is 3.22. The molecule has 1 spiro atoms. The Bertz CT molecular complexity index is 515. The van der Waals surface area contributed by atoms with E-state index in [4.69, 9.17) is 5.73 Å². The van der Waals surface area contributed by atoms with Gasteiger partial charge in [-0.2, -0.15) is 0 Å². The Balaban J connectivity index is 1.78. The van der Waals surface area contributed by atoms with Gasteiger partial charge in [0.1, 0.15) is 0 Å². The average molecular weight is 228 g/mol. The van der Waals surface area contributed by atoms with E-state index in [9.17, 15) is 4.79 Å². The van der Waals surface area contributed by atoms with Crippen LogP contribution in [0.2, 0.25) is 0 Å². The van der Waals surface area contributed by atoms with Crippen LogP contribution < -0.4 is 10.6 Å². The number of carbonyl (C=O) groups excluding carboxylic acids is 1. The van der Waals surface area contributed by atoms with Gasteiger partial charge in [-0.05, 0) is 37.3 Å². The van der Waals surface area contributed by atoms with Gasteiger partial charge in [0, 0.05) is 17.6 Å². The van der Waals surface area contributed by atoms with Gasteiger partial charge in [0.25, 0.3) is 0 Å². The quantitative estimate of drug-likeness (QED) is 0.792. The number of fused-ring (bicyclic) bond motifs is 2. The van der Waals surface area contributed by atoms with Crippen molar-refractivity contribution in [1.29, 1.82) is 0 Å². The number of carbonyl (C=O) groups is 1. The second kappa shape index (κ2) is 2.72. The van der Waals surface area contributed by atoms with Crippen LogP contribution in [-0.2, 0) is 10.2 Å². The summed E-state index contributed by atoms with van der Waals surface area (Å²) >= 11 is 0. The molecule has 3 heteroatoms. The van der Waals surface area contributed by atoms with Crippen molar-refractivity contribution in [3.63, 3.8) is 0 Å². The zero-order chi connectivity index (χ0) is 11.7. The third-order valence-electron chi connectivity index (χ3n) is 4.54. The lowest BCUT2D eigenvalue weighted by molar-refractivity contribution is -0.120. The highest BCUT2D eigenvalue weighted by atomic mass is 16.2. The van der Waals surface area contributed by atoms with E-state index >= 15 is 0 Å². The molecule has 0 radical (unpaired) electrons. The first-order chi connectivity index (χ1) is 8.15. The van der Waals surface area contributed by atoms with Gasteiger partial charge < -0.3 is 10.6 Å². The molecule has 0 atom stereocenters. The lowest BCUT2D eigenvalue weighted by Crippen LogP contribution is -2.45. The zero-order valence-electron chi connectivity index (χ0n) is 9.78. The molecule has 0 saturated heterocycles. The first kappa shape index (κ1) is 9.66. The molecule has 1 amide bonds.